The van der Waals surface area contributed by atoms with Crippen LogP contribution in [0.15, 0.2) is 58.1 Å². The van der Waals surface area contributed by atoms with Gasteiger partial charge in [-0.15, -0.1) is 16.9 Å². The average molecular weight is 330 g/mol. The molecule has 0 aliphatic heterocycles. The summed E-state index contributed by atoms with van der Waals surface area (Å²) in [6, 6.07) is 9.40. The first-order valence-electron chi connectivity index (χ1n) is 6.63. The molecule has 0 bridgehead atoms. The molecule has 0 radical (unpaired) electrons. The van der Waals surface area contributed by atoms with Crippen molar-refractivity contribution in [2.24, 2.45) is 0 Å². The van der Waals surface area contributed by atoms with Crippen molar-refractivity contribution in [3.05, 3.63) is 54.6 Å². The van der Waals surface area contributed by atoms with E-state index in [1.807, 2.05) is 0 Å². The van der Waals surface area contributed by atoms with Crippen LogP contribution in [-0.4, -0.2) is 26.8 Å². The van der Waals surface area contributed by atoms with Gasteiger partial charge in [0, 0.05) is 22.9 Å². The lowest BCUT2D eigenvalue weighted by Crippen LogP contribution is -2.14. The summed E-state index contributed by atoms with van der Waals surface area (Å²) in [5.41, 5.74) is 0.716. The number of thioether (sulfide) groups is 1. The number of nitrogens with one attached hydrogen (secondary N) is 1. The van der Waals surface area contributed by atoms with Crippen molar-refractivity contribution in [3.8, 4) is 11.5 Å². The van der Waals surface area contributed by atoms with E-state index in [9.17, 15) is 9.18 Å². The highest BCUT2D eigenvalue weighted by Crippen LogP contribution is 2.20. The summed E-state index contributed by atoms with van der Waals surface area (Å²) in [7, 11) is 0. The fourth-order valence-corrected chi connectivity index (χ4v) is 2.42. The van der Waals surface area contributed by atoms with Gasteiger partial charge in [-0.2, -0.15) is 0 Å². The van der Waals surface area contributed by atoms with Gasteiger partial charge < -0.3 is 4.42 Å². The van der Waals surface area contributed by atoms with Crippen LogP contribution in [0.2, 0.25) is 0 Å². The molecule has 0 unspecified atom stereocenters. The van der Waals surface area contributed by atoms with Gasteiger partial charge in [-0.3, -0.25) is 15.1 Å². The first-order chi connectivity index (χ1) is 11.2. The Morgan fingerprint density at radius 3 is 2.61 bits per heavy atom. The van der Waals surface area contributed by atoms with Crippen LogP contribution in [0.5, 0.6) is 0 Å². The molecule has 3 aromatic rings. The largest absolute Gasteiger partial charge is 0.403 e. The third-order valence-electron chi connectivity index (χ3n) is 2.78. The van der Waals surface area contributed by atoms with E-state index in [0.717, 1.165) is 4.90 Å². The van der Waals surface area contributed by atoms with Crippen molar-refractivity contribution < 1.29 is 13.6 Å². The number of amides is 1. The summed E-state index contributed by atoms with van der Waals surface area (Å²) in [5.74, 6) is -0.148. The lowest BCUT2D eigenvalue weighted by atomic mass is 10.3. The number of carbonyl (C=O) groups is 1. The molecule has 2 aromatic heterocycles. The first kappa shape index (κ1) is 15.2. The first-order valence-corrected chi connectivity index (χ1v) is 7.61. The number of nitrogens with zero attached hydrogens (tertiary/aromatic N) is 3. The lowest BCUT2D eigenvalue weighted by Gasteiger charge is -2.01. The van der Waals surface area contributed by atoms with Gasteiger partial charge in [0.25, 0.3) is 0 Å². The molecule has 116 valence electrons. The fourth-order valence-electron chi connectivity index (χ4n) is 1.72. The maximum absolute atomic E-state index is 12.8. The summed E-state index contributed by atoms with van der Waals surface area (Å²) in [6.45, 7) is 0. The number of benzene rings is 1. The highest BCUT2D eigenvalue weighted by atomic mass is 32.2. The minimum atomic E-state index is -0.312. The number of anilines is 1. The minimum Gasteiger partial charge on any atom is -0.403 e. The quantitative estimate of drug-likeness (QED) is 0.724. The molecule has 8 heteroatoms. The molecule has 1 amide bonds. The number of rotatable bonds is 5. The Morgan fingerprint density at radius 1 is 1.13 bits per heavy atom. The van der Waals surface area contributed by atoms with Crippen LogP contribution in [0.4, 0.5) is 10.4 Å². The summed E-state index contributed by atoms with van der Waals surface area (Å²) in [5, 5.41) is 10.2. The van der Waals surface area contributed by atoms with Crippen LogP contribution >= 0.6 is 11.8 Å². The number of hydrogen-bond donors (Lipinski definition) is 1. The predicted molar refractivity (Wildman–Crippen MR) is 83.3 cm³/mol. The monoisotopic (exact) mass is 330 g/mol. The van der Waals surface area contributed by atoms with Gasteiger partial charge in [-0.1, -0.05) is 5.10 Å². The van der Waals surface area contributed by atoms with E-state index in [0.29, 0.717) is 11.5 Å². The van der Waals surface area contributed by atoms with Crippen molar-refractivity contribution in [1.29, 1.82) is 0 Å². The molecule has 23 heavy (non-hydrogen) atoms. The summed E-state index contributed by atoms with van der Waals surface area (Å²) in [6.07, 6.45) is 3.22. The average Bonchev–Trinajstić information content (AvgIpc) is 3.04. The normalized spacial score (nSPS) is 10.5. The van der Waals surface area contributed by atoms with E-state index < -0.39 is 0 Å². The number of halogens is 1. The van der Waals surface area contributed by atoms with Crippen LogP contribution in [0.25, 0.3) is 11.5 Å². The highest BCUT2D eigenvalue weighted by Gasteiger charge is 2.11. The van der Waals surface area contributed by atoms with Crippen LogP contribution in [0.3, 0.4) is 0 Å². The number of hydrogen-bond acceptors (Lipinski definition) is 6. The SMILES string of the molecule is O=C(CSc1ccc(F)cc1)Nc1nnc(-c2ccncc2)o1. The second-order valence-corrected chi connectivity index (χ2v) is 5.49. The molecule has 0 fully saturated rings. The molecule has 0 aliphatic rings. The highest BCUT2D eigenvalue weighted by molar-refractivity contribution is 8.00. The van der Waals surface area contributed by atoms with Crippen LogP contribution in [-0.2, 0) is 4.79 Å². The molecular formula is C15H11FN4O2S. The van der Waals surface area contributed by atoms with Crippen molar-refractivity contribution in [2.75, 3.05) is 11.1 Å². The Bertz CT molecular complexity index is 793. The van der Waals surface area contributed by atoms with Crippen LogP contribution < -0.4 is 5.32 Å². The van der Waals surface area contributed by atoms with Crippen molar-refractivity contribution in [2.45, 2.75) is 4.90 Å². The van der Waals surface area contributed by atoms with E-state index in [-0.39, 0.29) is 23.5 Å². The van der Waals surface area contributed by atoms with E-state index in [4.69, 9.17) is 4.42 Å². The number of pyridine rings is 1. The topological polar surface area (TPSA) is 80.9 Å². The Balaban J connectivity index is 1.56. The second-order valence-electron chi connectivity index (χ2n) is 4.44. The summed E-state index contributed by atoms with van der Waals surface area (Å²) in [4.78, 5) is 16.5. The smallest absolute Gasteiger partial charge is 0.322 e. The molecule has 1 aromatic carbocycles. The maximum atomic E-state index is 12.8. The molecule has 1 N–H and O–H groups in total. The van der Waals surface area contributed by atoms with E-state index in [1.165, 1.54) is 23.9 Å². The van der Waals surface area contributed by atoms with Crippen LogP contribution in [0.1, 0.15) is 0 Å². The molecule has 0 aliphatic carbocycles. The number of carbonyl (C=O) groups excluding carboxylic acids is 1. The summed E-state index contributed by atoms with van der Waals surface area (Å²) < 4.78 is 18.2. The molecule has 0 spiro atoms. The maximum Gasteiger partial charge on any atom is 0.322 e. The van der Waals surface area contributed by atoms with Crippen molar-refractivity contribution in [3.63, 3.8) is 0 Å². The molecule has 0 atom stereocenters. The van der Waals surface area contributed by atoms with E-state index in [1.54, 1.807) is 36.7 Å². The van der Waals surface area contributed by atoms with Gasteiger partial charge in [0.2, 0.25) is 11.8 Å². The third-order valence-corrected chi connectivity index (χ3v) is 3.79. The molecular weight excluding hydrogens is 319 g/mol. The van der Waals surface area contributed by atoms with Gasteiger partial charge >= 0.3 is 6.01 Å². The minimum absolute atomic E-state index is 0.0292. The van der Waals surface area contributed by atoms with Crippen LogP contribution in [0, 0.1) is 5.82 Å². The van der Waals surface area contributed by atoms with Gasteiger partial charge in [-0.25, -0.2) is 4.39 Å². The Kier molecular flexibility index (Phi) is 4.62. The van der Waals surface area contributed by atoms with E-state index >= 15 is 0 Å². The fraction of sp³-hybridized carbons (Fsp3) is 0.0667. The molecule has 3 rings (SSSR count). The molecule has 2 heterocycles. The van der Waals surface area contributed by atoms with E-state index in [2.05, 4.69) is 20.5 Å². The zero-order valence-corrected chi connectivity index (χ0v) is 12.6. The van der Waals surface area contributed by atoms with Gasteiger partial charge in [0.05, 0.1) is 5.75 Å². The lowest BCUT2D eigenvalue weighted by molar-refractivity contribution is -0.113. The molecule has 0 saturated carbocycles. The summed E-state index contributed by atoms with van der Waals surface area (Å²) >= 11 is 1.28. The second kappa shape index (κ2) is 7.01. The zero-order valence-electron chi connectivity index (χ0n) is 11.8. The Hall–Kier alpha value is -2.74. The van der Waals surface area contributed by atoms with Gasteiger partial charge in [0.15, 0.2) is 0 Å². The molecule has 0 saturated heterocycles. The predicted octanol–water partition coefficient (Wildman–Crippen LogP) is 3.00. The zero-order chi connectivity index (χ0) is 16.1. The Morgan fingerprint density at radius 2 is 1.87 bits per heavy atom. The van der Waals surface area contributed by atoms with Gasteiger partial charge in [-0.05, 0) is 36.4 Å². The van der Waals surface area contributed by atoms with Crippen molar-refractivity contribution >= 4 is 23.7 Å². The Labute approximate surface area is 135 Å². The van der Waals surface area contributed by atoms with Gasteiger partial charge in [0.1, 0.15) is 5.82 Å². The van der Waals surface area contributed by atoms with Crippen molar-refractivity contribution in [1.82, 2.24) is 15.2 Å². The number of aromatic nitrogens is 3. The molecule has 6 nitrogen and oxygen atoms in total. The standard InChI is InChI=1S/C15H11FN4O2S/c16-11-1-3-12(4-2-11)23-9-13(21)18-15-20-19-14(22-15)10-5-7-17-8-6-10/h1-8H,9H2,(H,18,20,21). The third kappa shape index (κ3) is 4.13.